The van der Waals surface area contributed by atoms with Gasteiger partial charge in [-0.1, -0.05) is 29.8 Å². The number of nitrogen functional groups attached to an aromatic ring is 1. The van der Waals surface area contributed by atoms with E-state index in [0.29, 0.717) is 5.95 Å². The fraction of sp³-hybridized carbons (Fsp3) is 0.143. The fourth-order valence-corrected chi connectivity index (χ4v) is 2.21. The molecule has 0 spiro atoms. The van der Waals surface area contributed by atoms with Crippen LogP contribution in [-0.4, -0.2) is 14.6 Å². The van der Waals surface area contributed by atoms with Gasteiger partial charge in [-0.25, -0.2) is 4.52 Å². The van der Waals surface area contributed by atoms with Crippen molar-refractivity contribution in [2.45, 2.75) is 13.8 Å². The Balaban J connectivity index is 2.26. The molecule has 4 nitrogen and oxygen atoms in total. The maximum absolute atomic E-state index is 5.63. The van der Waals surface area contributed by atoms with E-state index >= 15 is 0 Å². The van der Waals surface area contributed by atoms with Gasteiger partial charge in [0.15, 0.2) is 5.65 Å². The van der Waals surface area contributed by atoms with E-state index in [9.17, 15) is 0 Å². The van der Waals surface area contributed by atoms with Gasteiger partial charge >= 0.3 is 0 Å². The molecule has 2 heterocycles. The zero-order valence-corrected chi connectivity index (χ0v) is 10.4. The Kier molecular flexibility index (Phi) is 2.30. The molecule has 18 heavy (non-hydrogen) atoms. The van der Waals surface area contributed by atoms with Crippen molar-refractivity contribution in [3.05, 3.63) is 47.7 Å². The highest BCUT2D eigenvalue weighted by Gasteiger charge is 2.08. The first-order chi connectivity index (χ1) is 8.65. The van der Waals surface area contributed by atoms with E-state index < -0.39 is 0 Å². The molecule has 0 aliphatic heterocycles. The number of hydrogen-bond donors (Lipinski definition) is 1. The Morgan fingerprint density at radius 3 is 2.72 bits per heavy atom. The third-order valence-corrected chi connectivity index (χ3v) is 3.08. The minimum absolute atomic E-state index is 0.305. The van der Waals surface area contributed by atoms with Crippen LogP contribution in [0.4, 0.5) is 5.95 Å². The molecule has 0 atom stereocenters. The average molecular weight is 238 g/mol. The molecule has 0 amide bonds. The maximum atomic E-state index is 5.63. The second-order valence-electron chi connectivity index (χ2n) is 4.44. The average Bonchev–Trinajstić information content (AvgIpc) is 2.71. The van der Waals surface area contributed by atoms with E-state index in [0.717, 1.165) is 16.9 Å². The third kappa shape index (κ3) is 1.62. The molecule has 0 unspecified atom stereocenters. The molecule has 0 fully saturated rings. The van der Waals surface area contributed by atoms with Gasteiger partial charge in [0.1, 0.15) is 0 Å². The van der Waals surface area contributed by atoms with E-state index in [-0.39, 0.29) is 0 Å². The van der Waals surface area contributed by atoms with E-state index in [1.54, 1.807) is 4.52 Å². The third-order valence-electron chi connectivity index (χ3n) is 3.08. The predicted octanol–water partition coefficient (Wildman–Crippen LogP) is 2.60. The molecule has 0 saturated heterocycles. The zero-order valence-electron chi connectivity index (χ0n) is 10.4. The number of hydrogen-bond acceptors (Lipinski definition) is 3. The molecule has 3 aromatic rings. The molecule has 90 valence electrons. The molecular formula is C14H14N4. The molecule has 0 aliphatic rings. The quantitative estimate of drug-likeness (QED) is 0.709. The molecule has 0 aliphatic carbocycles. The normalized spacial score (nSPS) is 11.0. The van der Waals surface area contributed by atoms with Gasteiger partial charge in [0.2, 0.25) is 5.95 Å². The first-order valence-electron chi connectivity index (χ1n) is 5.84. The van der Waals surface area contributed by atoms with E-state index in [1.165, 1.54) is 11.1 Å². The first kappa shape index (κ1) is 10.8. The number of aromatic nitrogens is 3. The summed E-state index contributed by atoms with van der Waals surface area (Å²) in [4.78, 5) is 4.16. The topological polar surface area (TPSA) is 56.2 Å². The summed E-state index contributed by atoms with van der Waals surface area (Å²) in [5.74, 6) is 0.305. The Hall–Kier alpha value is -2.36. The van der Waals surface area contributed by atoms with E-state index in [4.69, 9.17) is 5.73 Å². The van der Waals surface area contributed by atoms with Crippen molar-refractivity contribution in [1.82, 2.24) is 14.6 Å². The number of nitrogens with two attached hydrogens (primary N) is 1. The second-order valence-corrected chi connectivity index (χ2v) is 4.44. The number of aryl methyl sites for hydroxylation is 2. The van der Waals surface area contributed by atoms with E-state index in [2.05, 4.69) is 47.3 Å². The van der Waals surface area contributed by atoms with Crippen molar-refractivity contribution in [2.24, 2.45) is 0 Å². The van der Waals surface area contributed by atoms with Gasteiger partial charge in [-0.15, -0.1) is 5.10 Å². The molecule has 3 rings (SSSR count). The largest absolute Gasteiger partial charge is 0.366 e. The van der Waals surface area contributed by atoms with Crippen LogP contribution in [0.1, 0.15) is 11.3 Å². The molecule has 1 aromatic carbocycles. The number of nitrogens with zero attached hydrogens (tertiary/aromatic N) is 3. The van der Waals surface area contributed by atoms with Crippen molar-refractivity contribution in [3.8, 4) is 11.1 Å². The lowest BCUT2D eigenvalue weighted by molar-refractivity contribution is 0.922. The monoisotopic (exact) mass is 238 g/mol. The maximum Gasteiger partial charge on any atom is 0.240 e. The molecule has 2 N–H and O–H groups in total. The van der Waals surface area contributed by atoms with Crippen molar-refractivity contribution in [2.75, 3.05) is 5.73 Å². The number of fused-ring (bicyclic) bond motifs is 1. The van der Waals surface area contributed by atoms with Crippen LogP contribution in [0.5, 0.6) is 0 Å². The lowest BCUT2D eigenvalue weighted by Gasteiger charge is -2.08. The standard InChI is InChI=1S/C14H14N4/c1-9-4-3-5-11(8-9)12-6-7-13-16-14(15)17-18(13)10(12)2/h3-8H,1-2H3,(H2,15,17). The summed E-state index contributed by atoms with van der Waals surface area (Å²) < 4.78 is 1.78. The fourth-order valence-electron chi connectivity index (χ4n) is 2.21. The lowest BCUT2D eigenvalue weighted by atomic mass is 10.0. The van der Waals surface area contributed by atoms with Crippen LogP contribution >= 0.6 is 0 Å². The molecule has 0 radical (unpaired) electrons. The van der Waals surface area contributed by atoms with Gasteiger partial charge in [0, 0.05) is 11.3 Å². The molecule has 0 saturated carbocycles. The number of anilines is 1. The summed E-state index contributed by atoms with van der Waals surface area (Å²) in [6.45, 7) is 4.11. The van der Waals surface area contributed by atoms with Gasteiger partial charge in [-0.05, 0) is 31.5 Å². The number of rotatable bonds is 1. The van der Waals surface area contributed by atoms with Crippen molar-refractivity contribution < 1.29 is 0 Å². The van der Waals surface area contributed by atoms with Crippen molar-refractivity contribution in [1.29, 1.82) is 0 Å². The highest BCUT2D eigenvalue weighted by Crippen LogP contribution is 2.24. The summed E-state index contributed by atoms with van der Waals surface area (Å²) in [6.07, 6.45) is 0. The highest BCUT2D eigenvalue weighted by molar-refractivity contribution is 5.68. The van der Waals surface area contributed by atoms with Crippen molar-refractivity contribution in [3.63, 3.8) is 0 Å². The smallest absolute Gasteiger partial charge is 0.240 e. The Morgan fingerprint density at radius 1 is 1.11 bits per heavy atom. The summed E-state index contributed by atoms with van der Waals surface area (Å²) in [5, 5.41) is 4.20. The first-order valence-corrected chi connectivity index (χ1v) is 5.84. The van der Waals surface area contributed by atoms with Crippen LogP contribution in [0.3, 0.4) is 0 Å². The minimum atomic E-state index is 0.305. The zero-order chi connectivity index (χ0) is 12.7. The van der Waals surface area contributed by atoms with Crippen LogP contribution < -0.4 is 5.73 Å². The lowest BCUT2D eigenvalue weighted by Crippen LogP contribution is -1.97. The van der Waals surface area contributed by atoms with Crippen LogP contribution in [0.2, 0.25) is 0 Å². The van der Waals surface area contributed by atoms with Gasteiger partial charge < -0.3 is 5.73 Å². The highest BCUT2D eigenvalue weighted by atomic mass is 15.3. The van der Waals surface area contributed by atoms with Crippen LogP contribution in [0.15, 0.2) is 36.4 Å². The molecule has 4 heteroatoms. The minimum Gasteiger partial charge on any atom is -0.366 e. The summed E-state index contributed by atoms with van der Waals surface area (Å²) in [6, 6.07) is 12.4. The van der Waals surface area contributed by atoms with Crippen molar-refractivity contribution >= 4 is 11.6 Å². The summed E-state index contributed by atoms with van der Waals surface area (Å²) in [5.41, 5.74) is 11.0. The summed E-state index contributed by atoms with van der Waals surface area (Å²) >= 11 is 0. The summed E-state index contributed by atoms with van der Waals surface area (Å²) in [7, 11) is 0. The van der Waals surface area contributed by atoms with Gasteiger partial charge in [-0.2, -0.15) is 4.98 Å². The Bertz CT molecular complexity index is 728. The van der Waals surface area contributed by atoms with E-state index in [1.807, 2.05) is 13.0 Å². The van der Waals surface area contributed by atoms with Crippen LogP contribution in [0.25, 0.3) is 16.8 Å². The molecule has 2 aromatic heterocycles. The van der Waals surface area contributed by atoms with Crippen LogP contribution in [-0.2, 0) is 0 Å². The Morgan fingerprint density at radius 2 is 1.94 bits per heavy atom. The number of pyridine rings is 1. The van der Waals surface area contributed by atoms with Gasteiger partial charge in [-0.3, -0.25) is 0 Å². The predicted molar refractivity (Wildman–Crippen MR) is 72.3 cm³/mol. The SMILES string of the molecule is Cc1cccc(-c2ccc3nc(N)nn3c2C)c1. The molecular weight excluding hydrogens is 224 g/mol. The Labute approximate surface area is 105 Å². The van der Waals surface area contributed by atoms with Crippen LogP contribution in [0, 0.1) is 13.8 Å². The number of benzene rings is 1. The second kappa shape index (κ2) is 3.84. The van der Waals surface area contributed by atoms with Gasteiger partial charge in [0.05, 0.1) is 0 Å². The van der Waals surface area contributed by atoms with Gasteiger partial charge in [0.25, 0.3) is 0 Å². The molecule has 0 bridgehead atoms.